The molecule has 0 unspecified atom stereocenters. The molecule has 1 amide bonds. The predicted molar refractivity (Wildman–Crippen MR) is 325 cm³/mol. The number of nitrogens with zero attached hydrogens (tertiary/aromatic N) is 11. The summed E-state index contributed by atoms with van der Waals surface area (Å²) in [6.45, 7) is 32.5. The number of fused-ring (bicyclic) bond motifs is 3. The van der Waals surface area contributed by atoms with Crippen LogP contribution in [0.25, 0.3) is 33.5 Å². The van der Waals surface area contributed by atoms with E-state index in [-0.39, 0.29) is 57.5 Å². The number of imidazole rings is 3. The molecule has 0 aromatic carbocycles. The molecule has 0 bridgehead atoms. The van der Waals surface area contributed by atoms with Gasteiger partial charge in [-0.1, -0.05) is 142 Å². The molecule has 0 aliphatic carbocycles. The summed E-state index contributed by atoms with van der Waals surface area (Å²) < 4.78 is 4.10. The second-order valence-electron chi connectivity index (χ2n) is 11.4. The van der Waals surface area contributed by atoms with Gasteiger partial charge in [-0.2, -0.15) is 14.2 Å². The van der Waals surface area contributed by atoms with Gasteiger partial charge in [0.2, 0.25) is 12.2 Å². The van der Waals surface area contributed by atoms with Crippen molar-refractivity contribution < 1.29 is 80.6 Å². The maximum absolute atomic E-state index is 10.4. The number of aromatic nitrogens is 10. The van der Waals surface area contributed by atoms with Crippen LogP contribution < -0.4 is 15.0 Å². The van der Waals surface area contributed by atoms with E-state index in [0.29, 0.717) is 46.5 Å². The Hall–Kier alpha value is -5.78. The number of carbonyl (C=O) groups excluding carboxylic acids is 1. The maximum Gasteiger partial charge on any atom is 0.448 e. The first-order valence-corrected chi connectivity index (χ1v) is 25.4. The zero-order valence-corrected chi connectivity index (χ0v) is 51.4. The van der Waals surface area contributed by atoms with E-state index in [1.807, 2.05) is 103 Å². The number of carbonyl (C=O) groups is 3. The average molecular weight is 1330 g/mol. The van der Waals surface area contributed by atoms with Gasteiger partial charge in [0.15, 0.2) is 16.9 Å². The van der Waals surface area contributed by atoms with Crippen molar-refractivity contribution in [1.29, 1.82) is 0 Å². The number of rotatable bonds is 7. The number of nitro groups is 1. The van der Waals surface area contributed by atoms with Crippen molar-refractivity contribution in [2.75, 3.05) is 23.9 Å². The van der Waals surface area contributed by atoms with Gasteiger partial charge in [-0.3, -0.25) is 24.5 Å². The molecule has 7 rings (SSSR count). The van der Waals surface area contributed by atoms with Gasteiger partial charge in [-0.05, 0) is 51.4 Å². The Bertz CT molecular complexity index is 2470. The zero-order valence-electron chi connectivity index (χ0n) is 46.0. The topological polar surface area (TPSA) is 331 Å². The maximum atomic E-state index is 10.4. The first kappa shape index (κ1) is 91.7. The van der Waals surface area contributed by atoms with E-state index >= 15 is 0 Å². The van der Waals surface area contributed by atoms with Gasteiger partial charge in [0.25, 0.3) is 11.9 Å². The van der Waals surface area contributed by atoms with Crippen molar-refractivity contribution in [3.63, 3.8) is 0 Å². The van der Waals surface area contributed by atoms with Crippen LogP contribution in [0.1, 0.15) is 130 Å². The van der Waals surface area contributed by atoms with Crippen molar-refractivity contribution in [2.24, 2.45) is 0 Å². The number of hydrogen-bond donors (Lipinski definition) is 6. The largest absolute Gasteiger partial charge is 0.481 e. The average Bonchev–Trinajstić information content (AvgIpc) is 4.09. The molecule has 6 N–H and O–H groups in total. The van der Waals surface area contributed by atoms with Crippen LogP contribution in [0, 0.1) is 17.0 Å². The number of halogens is 4. The quantitative estimate of drug-likeness (QED) is 0.0216. The summed E-state index contributed by atoms with van der Waals surface area (Å²) in [6.07, 6.45) is 10.9. The molecule has 78 heavy (non-hydrogen) atoms. The third-order valence-corrected chi connectivity index (χ3v) is 6.58. The number of aliphatic carboxylic acids is 2. The molecule has 0 saturated carbocycles. The molecule has 0 radical (unpaired) electrons. The van der Waals surface area contributed by atoms with Crippen LogP contribution in [0.2, 0.25) is 21.9 Å². The fourth-order valence-electron chi connectivity index (χ4n) is 3.91. The monoisotopic (exact) mass is 1330 g/mol. The Morgan fingerprint density at radius 3 is 1.37 bits per heavy atom. The Morgan fingerprint density at radius 1 is 0.705 bits per heavy atom. The van der Waals surface area contributed by atoms with Crippen molar-refractivity contribution >= 4 is 121 Å². The summed E-state index contributed by atoms with van der Waals surface area (Å²) in [5.41, 5.74) is 4.83. The number of anilines is 1. The molecule has 0 atom stereocenters. The van der Waals surface area contributed by atoms with Crippen LogP contribution in [-0.2, 0) is 34.8 Å². The van der Waals surface area contributed by atoms with E-state index in [9.17, 15) is 14.9 Å². The predicted octanol–water partition coefficient (Wildman–Crippen LogP) is 13.3. The minimum Gasteiger partial charge on any atom is -0.481 e. The van der Waals surface area contributed by atoms with Crippen LogP contribution >= 0.6 is 50.7 Å². The SMILES string of the molecule is C.C.CB(O)O.CC.CC.CC.CC.CC.CC(=O)O.CC(=O)O.CCBr.CCOn1cnc2ncc(C)cc21.CCOn1cnc2ncc(Cl)cc21.O=CNc1ncc(Cl)cc1[N+](=O)[O-].On1cnc2ncc(Cl)cc21.[2HH].[2HH].[2HH].[HH].[Pd]. The summed E-state index contributed by atoms with van der Waals surface area (Å²) >= 11 is 20.0. The Balaban J connectivity index is -0.0000000606. The molecule has 7 heterocycles. The molecule has 0 spiro atoms. The smallest absolute Gasteiger partial charge is 0.448 e. The standard InChI is InChI=1S/C9H11N3O.C8H8ClN3O.C6H4ClN3O3.C6H4ClN3O.C2H5Br.2C2H4O2.5C2H6.CH5BO2.2CH4.Pd.4H2/c1-3-13-12-6-11-9-8(12)4-7(2)5-10-9;1-2-13-12-5-11-8-7(12)3-6(9)4-10-8;7-4-1-5(10(12)13)6(8-2-4)9-3-11;7-4-1-5-6(8-2-4)9-3-10(5)11;1-2-3;2*1-2(3)4;5*1-2;1-2(3)4;;;;;;;/h4-6H,3H2,1-2H3;3-5H,2H2,1H3;1-3H,(H,8,9,11);1-3,11H;2H2,1H3;2*1H3,(H,3,4);5*1-2H3;3-4H,1H3;2*1H4;;4*1H/i;;;;;;;;;;;;;;;;3*1+1;. The van der Waals surface area contributed by atoms with Gasteiger partial charge in [0, 0.05) is 76.2 Å². The van der Waals surface area contributed by atoms with E-state index < -0.39 is 24.0 Å². The van der Waals surface area contributed by atoms with Crippen molar-refractivity contribution in [3.05, 3.63) is 98.8 Å². The van der Waals surface area contributed by atoms with Gasteiger partial charge in [-0.15, -0.1) is 0 Å². The third kappa shape index (κ3) is 45.3. The van der Waals surface area contributed by atoms with Gasteiger partial charge in [-0.25, -0.2) is 34.9 Å². The van der Waals surface area contributed by atoms with Crippen LogP contribution in [-0.4, -0.2) is 123 Å². The second-order valence-corrected chi connectivity index (χ2v) is 13.8. The number of nitrogens with one attached hydrogen (secondary N) is 1. The van der Waals surface area contributed by atoms with Crippen LogP contribution in [0.3, 0.4) is 0 Å². The van der Waals surface area contributed by atoms with Gasteiger partial charge in [0.1, 0.15) is 48.7 Å². The van der Waals surface area contributed by atoms with Crippen LogP contribution in [0.15, 0.2) is 68.0 Å². The summed E-state index contributed by atoms with van der Waals surface area (Å²) in [4.78, 5) is 76.0. The normalized spacial score (nSPS) is 8.19. The van der Waals surface area contributed by atoms with Crippen molar-refractivity contribution in [2.45, 2.75) is 132 Å². The third-order valence-electron chi connectivity index (χ3n) is 5.96. The Labute approximate surface area is 503 Å². The molecule has 0 fully saturated rings. The van der Waals surface area contributed by atoms with Crippen LogP contribution in [0.5, 0.6) is 0 Å². The van der Waals surface area contributed by atoms with E-state index in [4.69, 9.17) is 79.5 Å². The summed E-state index contributed by atoms with van der Waals surface area (Å²) in [6, 6.07) is 6.48. The summed E-state index contributed by atoms with van der Waals surface area (Å²) in [7, 11) is -1.17. The molecule has 30 heteroatoms. The van der Waals surface area contributed by atoms with Crippen molar-refractivity contribution in [3.8, 4) is 0 Å². The Morgan fingerprint density at radius 2 is 1.01 bits per heavy atom. The van der Waals surface area contributed by atoms with E-state index in [2.05, 4.69) is 56.1 Å². The molecule has 7 aromatic heterocycles. The number of aryl methyl sites for hydroxylation is 1. The van der Waals surface area contributed by atoms with Crippen molar-refractivity contribution in [1.82, 2.24) is 49.1 Å². The first-order valence-electron chi connectivity index (χ1n) is 23.2. The number of pyridine rings is 4. The number of alkyl halides is 1. The van der Waals surface area contributed by atoms with E-state index in [1.54, 1.807) is 46.6 Å². The number of carboxylic acid groups (broad SMARTS) is 2. The number of amides is 1. The van der Waals surface area contributed by atoms with E-state index in [0.717, 1.165) is 52.2 Å². The molecular formula is C48H91BBrCl3N12O12Pd. The molecule has 24 nitrogen and oxygen atoms in total. The van der Waals surface area contributed by atoms with Gasteiger partial charge >= 0.3 is 12.8 Å². The minimum atomic E-state index is -1.17. The summed E-state index contributed by atoms with van der Waals surface area (Å²) in [5, 5.41) is 53.9. The molecule has 0 aliphatic rings. The van der Waals surface area contributed by atoms with E-state index in [1.165, 1.54) is 25.5 Å². The fraction of sp³-hybridized carbons (Fsp3) is 0.458. The first-order chi connectivity index (χ1) is 35.6. The molecule has 0 saturated heterocycles. The fourth-order valence-corrected chi connectivity index (χ4v) is 4.37. The van der Waals surface area contributed by atoms with Gasteiger partial charge in [0.05, 0.1) is 20.0 Å². The summed E-state index contributed by atoms with van der Waals surface area (Å²) in [5.74, 6) is -1.79. The number of hydrogen-bond acceptors (Lipinski definition) is 17. The zero-order chi connectivity index (χ0) is 59.6. The molecule has 7 aromatic rings. The number of carboxylic acids is 2. The Kier molecular flexibility index (Phi) is 71.0. The van der Waals surface area contributed by atoms with Gasteiger partial charge < -0.3 is 40.5 Å². The second kappa shape index (κ2) is 60.4. The minimum absolute atomic E-state index is 0. The molecular weight excluding hydrogens is 1240 g/mol. The molecule has 0 aliphatic heterocycles. The molecule has 456 valence electrons. The van der Waals surface area contributed by atoms with Crippen LogP contribution in [0.4, 0.5) is 11.5 Å².